The van der Waals surface area contributed by atoms with Crippen molar-refractivity contribution in [2.75, 3.05) is 13.2 Å². The molecule has 12 atom stereocenters. The first kappa shape index (κ1) is 48.5. The van der Waals surface area contributed by atoms with Gasteiger partial charge in [-0.1, -0.05) is 39.5 Å². The zero-order chi connectivity index (χ0) is 39.3. The van der Waals surface area contributed by atoms with Gasteiger partial charge in [0.25, 0.3) is 0 Å². The van der Waals surface area contributed by atoms with Gasteiger partial charge >= 0.3 is 0 Å². The maximum absolute atomic E-state index is 14.7. The summed E-state index contributed by atoms with van der Waals surface area (Å²) in [6, 6.07) is 0. The molecule has 0 radical (unpaired) electrons. The molecule has 0 aromatic heterocycles. The SMILES string of the molecule is CC1CCC(C2CCC(COC3CC4CCC(C)OC4C(F)C3F)CC2)CC1.CC1CCC(C2CCC(COC3CC4CCC(C)OC4C(F)C3F)CC2)CC1.O.O.[HH].[HH].[HH].[HH]. The van der Waals surface area contributed by atoms with Crippen LogP contribution in [0.1, 0.15) is 175 Å². The van der Waals surface area contributed by atoms with Crippen molar-refractivity contribution in [3.8, 4) is 0 Å². The lowest BCUT2D eigenvalue weighted by Crippen LogP contribution is -2.54. The predicted octanol–water partition coefficient (Wildman–Crippen LogP) is 11.9. The summed E-state index contributed by atoms with van der Waals surface area (Å²) < 4.78 is 82.0. The van der Waals surface area contributed by atoms with Gasteiger partial charge < -0.3 is 29.9 Å². The topological polar surface area (TPSA) is 99.9 Å². The molecule has 0 bridgehead atoms. The minimum absolute atomic E-state index is 0. The van der Waals surface area contributed by atoms with E-state index in [0.29, 0.717) is 37.9 Å². The number of alkyl halides is 4. The molecule has 0 spiro atoms. The maximum Gasteiger partial charge on any atom is 0.160 e. The fourth-order valence-electron chi connectivity index (χ4n) is 12.9. The first-order valence-corrected chi connectivity index (χ1v) is 24.1. The molecule has 6 nitrogen and oxygen atoms in total. The molecule has 10 heteroatoms. The van der Waals surface area contributed by atoms with Crippen LogP contribution in [0.25, 0.3) is 0 Å². The lowest BCUT2D eigenvalue weighted by atomic mass is 9.69. The van der Waals surface area contributed by atoms with Crippen LogP contribution in [0.15, 0.2) is 0 Å². The molecule has 0 aromatic rings. The molecule has 4 N–H and O–H groups in total. The lowest BCUT2D eigenvalue weighted by Gasteiger charge is -2.45. The monoisotopic (exact) mass is 841 g/mol. The Bertz CT molecular complexity index is 1080. The van der Waals surface area contributed by atoms with Gasteiger partial charge in [0.05, 0.1) is 36.6 Å². The van der Waals surface area contributed by atoms with E-state index in [-0.39, 0.29) is 40.7 Å². The van der Waals surface area contributed by atoms with Crippen molar-refractivity contribution in [3.63, 3.8) is 0 Å². The zero-order valence-electron chi connectivity index (χ0n) is 36.7. The molecule has 0 aromatic carbocycles. The molecule has 6 saturated carbocycles. The van der Waals surface area contributed by atoms with E-state index in [1.54, 1.807) is 0 Å². The fourth-order valence-corrected chi connectivity index (χ4v) is 12.9. The van der Waals surface area contributed by atoms with Crippen LogP contribution in [0.4, 0.5) is 17.6 Å². The van der Waals surface area contributed by atoms with Gasteiger partial charge in [-0.15, -0.1) is 0 Å². The highest BCUT2D eigenvalue weighted by atomic mass is 19.2. The van der Waals surface area contributed by atoms with Crippen molar-refractivity contribution in [2.45, 2.75) is 230 Å². The van der Waals surface area contributed by atoms with Gasteiger partial charge in [0.15, 0.2) is 24.7 Å². The summed E-state index contributed by atoms with van der Waals surface area (Å²) in [6.45, 7) is 9.92. The standard InChI is InChI=1S/2C24H40F2O2.2H2O.4H2/c2*1-15-3-8-18(9-4-15)19-11-6-17(7-12-19)14-27-21-13-20-10-5-16(2)28-24(20)23(26)22(21)25;;;;;;/h2*15-24H,3-14H2,1-2H3;2*1H2;4*1H. The molecule has 58 heavy (non-hydrogen) atoms. The molecule has 8 fully saturated rings. The van der Waals surface area contributed by atoms with Crippen molar-refractivity contribution < 1.29 is 53.2 Å². The summed E-state index contributed by atoms with van der Waals surface area (Å²) >= 11 is 0. The highest BCUT2D eigenvalue weighted by molar-refractivity contribution is 4.98. The summed E-state index contributed by atoms with van der Waals surface area (Å²) in [7, 11) is 0. The van der Waals surface area contributed by atoms with Crippen LogP contribution in [0.2, 0.25) is 0 Å². The third-order valence-corrected chi connectivity index (χ3v) is 16.9. The Balaban J connectivity index is 0.000000565. The summed E-state index contributed by atoms with van der Waals surface area (Å²) in [5.41, 5.74) is 0. The molecule has 8 aliphatic rings. The highest BCUT2D eigenvalue weighted by Gasteiger charge is 2.50. The van der Waals surface area contributed by atoms with E-state index in [4.69, 9.17) is 18.9 Å². The molecule has 2 aliphatic heterocycles. The van der Waals surface area contributed by atoms with Gasteiger partial charge in [-0.2, -0.15) is 0 Å². The number of ether oxygens (including phenoxy) is 4. The van der Waals surface area contributed by atoms with Gasteiger partial charge in [0.1, 0.15) is 0 Å². The van der Waals surface area contributed by atoms with E-state index in [1.807, 2.05) is 13.8 Å². The second-order valence-corrected chi connectivity index (χ2v) is 21.1. The fraction of sp³-hybridized carbons (Fsp3) is 1.00. The van der Waals surface area contributed by atoms with Crippen molar-refractivity contribution in [3.05, 3.63) is 0 Å². The molecule has 6 aliphatic carbocycles. The van der Waals surface area contributed by atoms with Crippen LogP contribution in [-0.4, -0.2) is 85.5 Å². The van der Waals surface area contributed by atoms with Crippen LogP contribution < -0.4 is 0 Å². The largest absolute Gasteiger partial charge is 0.412 e. The van der Waals surface area contributed by atoms with E-state index < -0.39 is 49.1 Å². The summed E-state index contributed by atoms with van der Waals surface area (Å²) in [5, 5.41) is 0. The predicted molar refractivity (Wildman–Crippen MR) is 231 cm³/mol. The molecule has 8 rings (SSSR count). The number of hydrogen-bond acceptors (Lipinski definition) is 4. The van der Waals surface area contributed by atoms with Gasteiger partial charge in [0.2, 0.25) is 0 Å². The molecule has 2 heterocycles. The zero-order valence-corrected chi connectivity index (χ0v) is 36.7. The Hall–Kier alpha value is -0.520. The second kappa shape index (κ2) is 22.7. The Morgan fingerprint density at radius 2 is 0.690 bits per heavy atom. The maximum atomic E-state index is 14.7. The second-order valence-electron chi connectivity index (χ2n) is 21.1. The van der Waals surface area contributed by atoms with Crippen molar-refractivity contribution in [1.29, 1.82) is 0 Å². The summed E-state index contributed by atoms with van der Waals surface area (Å²) in [5.74, 6) is 6.79. The van der Waals surface area contributed by atoms with Gasteiger partial charge in [-0.25, -0.2) is 17.6 Å². The van der Waals surface area contributed by atoms with Crippen LogP contribution in [0.3, 0.4) is 0 Å². The van der Waals surface area contributed by atoms with Crippen molar-refractivity contribution in [1.82, 2.24) is 0 Å². The average Bonchev–Trinajstić information content (AvgIpc) is 3.21. The number of rotatable bonds is 8. The number of halogens is 4. The smallest absolute Gasteiger partial charge is 0.160 e. The third kappa shape index (κ3) is 12.3. The van der Waals surface area contributed by atoms with Crippen LogP contribution in [0.5, 0.6) is 0 Å². The minimum atomic E-state index is -1.54. The van der Waals surface area contributed by atoms with E-state index in [9.17, 15) is 17.6 Å². The molecule has 348 valence electrons. The molecular formula is C48H92F4O6. The minimum Gasteiger partial charge on any atom is -0.412 e. The number of fused-ring (bicyclic) bond motifs is 2. The van der Waals surface area contributed by atoms with Crippen molar-refractivity contribution >= 4 is 0 Å². The van der Waals surface area contributed by atoms with Gasteiger partial charge in [0, 0.05) is 18.9 Å². The average molecular weight is 841 g/mol. The van der Waals surface area contributed by atoms with Crippen LogP contribution in [0, 0.1) is 59.2 Å². The first-order valence-electron chi connectivity index (χ1n) is 24.1. The molecular weight excluding hydrogens is 749 g/mol. The van der Waals surface area contributed by atoms with Gasteiger partial charge in [-0.3, -0.25) is 0 Å². The number of hydrogen-bond donors (Lipinski definition) is 0. The Morgan fingerprint density at radius 1 is 0.397 bits per heavy atom. The Kier molecular flexibility index (Phi) is 19.0. The van der Waals surface area contributed by atoms with E-state index in [2.05, 4.69) is 13.8 Å². The normalized spacial score (nSPS) is 48.4. The molecule has 2 saturated heterocycles. The van der Waals surface area contributed by atoms with Gasteiger partial charge in [-0.05, 0) is 189 Å². The highest BCUT2D eigenvalue weighted by Crippen LogP contribution is 2.45. The quantitative estimate of drug-likeness (QED) is 0.227. The first-order chi connectivity index (χ1) is 27.0. The molecule has 0 amide bonds. The third-order valence-electron chi connectivity index (χ3n) is 16.9. The summed E-state index contributed by atoms with van der Waals surface area (Å²) in [4.78, 5) is 0. The Labute approximate surface area is 355 Å². The lowest BCUT2D eigenvalue weighted by molar-refractivity contribution is -0.181. The van der Waals surface area contributed by atoms with Crippen LogP contribution >= 0.6 is 0 Å². The van der Waals surface area contributed by atoms with Crippen LogP contribution in [-0.2, 0) is 18.9 Å². The summed E-state index contributed by atoms with van der Waals surface area (Å²) in [6.07, 6.45) is 18.0. The van der Waals surface area contributed by atoms with Crippen molar-refractivity contribution in [2.24, 2.45) is 59.2 Å². The Morgan fingerprint density at radius 3 is 1.02 bits per heavy atom. The van der Waals surface area contributed by atoms with E-state index in [0.717, 1.165) is 61.2 Å². The van der Waals surface area contributed by atoms with E-state index >= 15 is 0 Å². The van der Waals surface area contributed by atoms with E-state index in [1.165, 1.54) is 103 Å². The molecule has 12 unspecified atom stereocenters.